The van der Waals surface area contributed by atoms with Gasteiger partial charge in [-0.3, -0.25) is 4.79 Å². The van der Waals surface area contributed by atoms with Crippen LogP contribution in [-0.4, -0.2) is 45.4 Å². The van der Waals surface area contributed by atoms with Crippen molar-refractivity contribution < 1.29 is 9.53 Å². The van der Waals surface area contributed by atoms with Crippen LogP contribution in [0.5, 0.6) is 0 Å². The lowest BCUT2D eigenvalue weighted by Crippen LogP contribution is -2.50. The Balaban J connectivity index is 1.58. The van der Waals surface area contributed by atoms with E-state index in [0.717, 1.165) is 0 Å². The first-order valence-electron chi connectivity index (χ1n) is 7.68. The highest BCUT2D eigenvalue weighted by molar-refractivity contribution is 5.77. The molecule has 0 spiro atoms. The van der Waals surface area contributed by atoms with Crippen LogP contribution in [0.4, 0.5) is 0 Å². The zero-order chi connectivity index (χ0) is 16.2. The fourth-order valence-corrected chi connectivity index (χ4v) is 2.80. The molecule has 2 aliphatic rings. The van der Waals surface area contributed by atoms with Crippen LogP contribution in [0.15, 0.2) is 10.2 Å². The number of hydrogen-bond donors (Lipinski definition) is 2. The van der Waals surface area contributed by atoms with E-state index >= 15 is 0 Å². The molecule has 122 valence electrons. The molecule has 2 N–H and O–H groups in total. The Morgan fingerprint density at radius 3 is 2.74 bits per heavy atom. The maximum absolute atomic E-state index is 12.4. The van der Waals surface area contributed by atoms with E-state index < -0.39 is 11.2 Å². The van der Waals surface area contributed by atoms with Gasteiger partial charge in [-0.25, -0.2) is 0 Å². The van der Waals surface area contributed by atoms with Crippen molar-refractivity contribution in [3.8, 4) is 12.3 Å². The van der Waals surface area contributed by atoms with Crippen molar-refractivity contribution in [1.29, 1.82) is 0 Å². The number of nitrogens with one attached hydrogen (secondary N) is 2. The first-order valence-corrected chi connectivity index (χ1v) is 7.68. The van der Waals surface area contributed by atoms with Crippen molar-refractivity contribution in [2.24, 2.45) is 10.2 Å². The number of rotatable bonds is 7. The van der Waals surface area contributed by atoms with Crippen LogP contribution in [-0.2, 0) is 15.1 Å². The molecule has 0 saturated carbocycles. The predicted octanol–water partition coefficient (Wildman–Crippen LogP) is 0.677. The summed E-state index contributed by atoms with van der Waals surface area (Å²) in [5.74, 6) is 3.00. The Hall–Kier alpha value is -2.34. The standard InChI is InChI=1S/C14H19N7O2/c1-2-3-5-14(18-19-14)6-4-11(22)15-13(7-9-23-10-8-13)12-16-20-21-17-12/h1H,3-10H2,(H,15,22)(H,16,17,20,21). The van der Waals surface area contributed by atoms with Crippen molar-refractivity contribution in [1.82, 2.24) is 25.9 Å². The monoisotopic (exact) mass is 317 g/mol. The molecule has 0 aromatic carbocycles. The molecule has 23 heavy (non-hydrogen) atoms. The lowest BCUT2D eigenvalue weighted by Gasteiger charge is -2.35. The van der Waals surface area contributed by atoms with Crippen molar-refractivity contribution in [2.75, 3.05) is 13.2 Å². The second kappa shape index (κ2) is 6.42. The van der Waals surface area contributed by atoms with Gasteiger partial charge < -0.3 is 10.1 Å². The summed E-state index contributed by atoms with van der Waals surface area (Å²) in [6.07, 6.45) is 8.71. The summed E-state index contributed by atoms with van der Waals surface area (Å²) < 4.78 is 5.39. The van der Waals surface area contributed by atoms with Crippen LogP contribution in [0.2, 0.25) is 0 Å². The normalized spacial score (nSPS) is 20.7. The molecule has 3 heterocycles. The van der Waals surface area contributed by atoms with Gasteiger partial charge in [0.25, 0.3) is 0 Å². The minimum atomic E-state index is -0.619. The molecule has 9 heteroatoms. The highest BCUT2D eigenvalue weighted by Gasteiger charge is 2.42. The molecule has 0 atom stereocenters. The fourth-order valence-electron chi connectivity index (χ4n) is 2.80. The summed E-state index contributed by atoms with van der Waals surface area (Å²) in [5.41, 5.74) is -1.06. The van der Waals surface area contributed by atoms with Crippen LogP contribution < -0.4 is 5.32 Å². The summed E-state index contributed by atoms with van der Waals surface area (Å²) >= 11 is 0. The Morgan fingerprint density at radius 2 is 2.13 bits per heavy atom. The zero-order valence-corrected chi connectivity index (χ0v) is 12.8. The second-order valence-electron chi connectivity index (χ2n) is 5.86. The largest absolute Gasteiger partial charge is 0.381 e. The molecule has 1 saturated heterocycles. The quantitative estimate of drug-likeness (QED) is 0.717. The number of carbonyl (C=O) groups excluding carboxylic acids is 1. The number of amides is 1. The van der Waals surface area contributed by atoms with Crippen LogP contribution in [0, 0.1) is 12.3 Å². The number of aromatic nitrogens is 4. The van der Waals surface area contributed by atoms with Crippen molar-refractivity contribution >= 4 is 5.91 Å². The van der Waals surface area contributed by atoms with Crippen LogP contribution in [0.3, 0.4) is 0 Å². The zero-order valence-electron chi connectivity index (χ0n) is 12.8. The maximum Gasteiger partial charge on any atom is 0.220 e. The predicted molar refractivity (Wildman–Crippen MR) is 78.9 cm³/mol. The Morgan fingerprint density at radius 1 is 1.35 bits per heavy atom. The first kappa shape index (κ1) is 15.6. The van der Waals surface area contributed by atoms with Gasteiger partial charge in [-0.05, 0) is 0 Å². The third kappa shape index (κ3) is 3.53. The van der Waals surface area contributed by atoms with E-state index in [-0.39, 0.29) is 5.91 Å². The number of tetrazole rings is 1. The van der Waals surface area contributed by atoms with Gasteiger partial charge in [-0.2, -0.15) is 15.4 Å². The molecular weight excluding hydrogens is 298 g/mol. The van der Waals surface area contributed by atoms with E-state index in [2.05, 4.69) is 42.1 Å². The Kier molecular flexibility index (Phi) is 4.34. The average Bonchev–Trinajstić information content (AvgIpc) is 3.11. The van der Waals surface area contributed by atoms with Crippen molar-refractivity contribution in [3.63, 3.8) is 0 Å². The molecule has 1 fully saturated rings. The Labute approximate surface area is 133 Å². The van der Waals surface area contributed by atoms with Gasteiger partial charge >= 0.3 is 0 Å². The van der Waals surface area contributed by atoms with E-state index in [1.807, 2.05) is 0 Å². The van der Waals surface area contributed by atoms with Crippen LogP contribution in [0.1, 0.15) is 44.3 Å². The number of H-pyrrole nitrogens is 1. The molecular formula is C14H19N7O2. The summed E-state index contributed by atoms with van der Waals surface area (Å²) in [6.45, 7) is 1.09. The molecule has 3 rings (SSSR count). The molecule has 0 unspecified atom stereocenters. The van der Waals surface area contributed by atoms with Crippen LogP contribution in [0.25, 0.3) is 0 Å². The van der Waals surface area contributed by atoms with E-state index in [9.17, 15) is 4.79 Å². The molecule has 1 aromatic rings. The lowest BCUT2D eigenvalue weighted by molar-refractivity contribution is -0.125. The maximum atomic E-state index is 12.4. The van der Waals surface area contributed by atoms with Gasteiger partial charge in [-0.1, -0.05) is 5.21 Å². The number of terminal acetylenes is 1. The topological polar surface area (TPSA) is 118 Å². The molecule has 9 nitrogen and oxygen atoms in total. The number of nitrogens with zero attached hydrogens (tertiary/aromatic N) is 5. The van der Waals surface area contributed by atoms with E-state index in [1.165, 1.54) is 0 Å². The van der Waals surface area contributed by atoms with Crippen molar-refractivity contribution in [3.05, 3.63) is 5.82 Å². The highest BCUT2D eigenvalue weighted by atomic mass is 16.5. The number of aromatic amines is 1. The molecule has 1 amide bonds. The van der Waals surface area contributed by atoms with E-state index in [4.69, 9.17) is 11.2 Å². The van der Waals surface area contributed by atoms with Gasteiger partial charge in [0.2, 0.25) is 5.91 Å². The van der Waals surface area contributed by atoms with E-state index in [0.29, 0.717) is 57.6 Å². The number of hydrogen-bond acceptors (Lipinski definition) is 7. The molecule has 1 aromatic heterocycles. The van der Waals surface area contributed by atoms with Gasteiger partial charge in [0.15, 0.2) is 11.5 Å². The highest BCUT2D eigenvalue weighted by Crippen LogP contribution is 2.38. The summed E-state index contributed by atoms with van der Waals surface area (Å²) in [7, 11) is 0. The molecule has 0 aliphatic carbocycles. The second-order valence-corrected chi connectivity index (χ2v) is 5.86. The van der Waals surface area contributed by atoms with E-state index in [1.54, 1.807) is 0 Å². The number of ether oxygens (including phenoxy) is 1. The summed E-state index contributed by atoms with van der Waals surface area (Å²) in [6, 6.07) is 0. The van der Waals surface area contributed by atoms with Gasteiger partial charge in [0.05, 0.1) is 0 Å². The summed E-state index contributed by atoms with van der Waals surface area (Å²) in [4.78, 5) is 12.4. The minimum Gasteiger partial charge on any atom is -0.381 e. The molecule has 0 radical (unpaired) electrons. The van der Waals surface area contributed by atoms with Gasteiger partial charge in [-0.15, -0.1) is 22.5 Å². The van der Waals surface area contributed by atoms with Crippen LogP contribution >= 0.6 is 0 Å². The molecule has 0 bridgehead atoms. The lowest BCUT2D eigenvalue weighted by atomic mass is 9.88. The average molecular weight is 317 g/mol. The van der Waals surface area contributed by atoms with Crippen molar-refractivity contribution in [2.45, 2.75) is 49.7 Å². The number of carbonyl (C=O) groups is 1. The minimum absolute atomic E-state index is 0.0749. The molecule has 2 aliphatic heterocycles. The third-order valence-electron chi connectivity index (χ3n) is 4.30. The SMILES string of the molecule is C#CCCC1(CCC(=O)NC2(c3nn[nH]n3)CCOCC2)N=N1. The summed E-state index contributed by atoms with van der Waals surface area (Å²) in [5, 5.41) is 25.3. The smallest absolute Gasteiger partial charge is 0.220 e. The Bertz CT molecular complexity index is 608. The van der Waals surface area contributed by atoms with Gasteiger partial charge in [0.1, 0.15) is 5.54 Å². The van der Waals surface area contributed by atoms with Gasteiger partial charge in [0, 0.05) is 51.7 Å². The first-order chi connectivity index (χ1) is 11.2. The third-order valence-corrected chi connectivity index (χ3v) is 4.30. The fraction of sp³-hybridized carbons (Fsp3) is 0.714.